The third-order valence-electron chi connectivity index (χ3n) is 16.7. The van der Waals surface area contributed by atoms with Crippen LogP contribution in [0.4, 0.5) is 8.78 Å². The van der Waals surface area contributed by atoms with Gasteiger partial charge < -0.3 is 49.4 Å². The van der Waals surface area contributed by atoms with Crippen LogP contribution in [0.3, 0.4) is 0 Å². The van der Waals surface area contributed by atoms with Crippen molar-refractivity contribution in [3.63, 3.8) is 0 Å². The summed E-state index contributed by atoms with van der Waals surface area (Å²) in [6, 6.07) is 76.9. The van der Waals surface area contributed by atoms with E-state index in [4.69, 9.17) is 92.7 Å². The normalized spacial score (nSPS) is 10.5. The average Bonchev–Trinajstić information content (AvgIpc) is 0.825. The molecule has 4 aromatic heterocycles. The Morgan fingerprint density at radius 2 is 0.765 bits per heavy atom. The minimum Gasteiger partial charge on any atom is -1.00 e. The number of aromatic nitrogens is 4. The molecular formula is C104H140BrCl4F2N4NaO16P2PdSn. The smallest absolute Gasteiger partial charge is 1.00 e. The van der Waals surface area contributed by atoms with Crippen molar-refractivity contribution in [3.05, 3.63) is 304 Å². The molecule has 0 bridgehead atoms. The molecule has 0 spiro atoms. The molecule has 136 heavy (non-hydrogen) atoms. The molecule has 0 atom stereocenters. The van der Waals surface area contributed by atoms with E-state index in [0.717, 1.165) is 13.7 Å². The number of halogens is 7. The van der Waals surface area contributed by atoms with Crippen LogP contribution in [0, 0.1) is 0 Å². The van der Waals surface area contributed by atoms with Gasteiger partial charge in [-0.1, -0.05) is 228 Å². The van der Waals surface area contributed by atoms with Gasteiger partial charge >= 0.3 is 208 Å². The number of carbonyl (C=O) groups is 5. The maximum Gasteiger partial charge on any atom is 1.00 e. The Kier molecular flexibility index (Phi) is 74.0. The summed E-state index contributed by atoms with van der Waals surface area (Å²) < 4.78 is 83.5. The van der Waals surface area contributed by atoms with Gasteiger partial charge in [-0.25, -0.2) is 19.4 Å². The molecule has 0 saturated heterocycles. The van der Waals surface area contributed by atoms with Crippen LogP contribution in [0.25, 0.3) is 5.76 Å². The Labute approximate surface area is 875 Å². The third kappa shape index (κ3) is 64.7. The Morgan fingerprint density at radius 3 is 1.00 bits per heavy atom. The maximum atomic E-state index is 11.5. The Morgan fingerprint density at radius 1 is 0.485 bits per heavy atom. The number of pyridine rings is 4. The largest absolute Gasteiger partial charge is 1.00 e. The number of ketones is 1. The number of H-pyrrole nitrogens is 1. The van der Waals surface area contributed by atoms with Crippen molar-refractivity contribution in [2.75, 3.05) is 60.3 Å². The zero-order chi connectivity index (χ0) is 104. The van der Waals surface area contributed by atoms with E-state index in [1.54, 1.807) is 92.8 Å². The first-order chi connectivity index (χ1) is 65.0. The van der Waals surface area contributed by atoms with E-state index in [2.05, 4.69) is 259 Å². The predicted molar refractivity (Wildman–Crippen MR) is 560 cm³/mol. The number of Topliss-reactive ketones (excluding diaryl/α,β-unsaturated/α-hetero) is 1. The fraction of sp³-hybridized carbons (Fsp3) is 0.375. The molecule has 0 aliphatic rings. The first-order valence-corrected chi connectivity index (χ1v) is 59.2. The van der Waals surface area contributed by atoms with Crippen LogP contribution in [-0.2, 0) is 63.5 Å². The molecule has 4 heterocycles. The second kappa shape index (κ2) is 78.3. The van der Waals surface area contributed by atoms with E-state index in [1.165, 1.54) is 144 Å². The van der Waals surface area contributed by atoms with Gasteiger partial charge in [0, 0.05) is 69.2 Å². The standard InChI is InChI=1S/2C18H15P.C14H19NO4.C13H17NO4.C11H14ClNO3.C6H11BrO2.C5H4ClNO.C4H7O.3C4H9.2CH3F.CH4O.2ClH.Na.Pd.Sn.H/c2*1-4-10-16(11-5-1)19(17-12-6-2-7-13-17)18-14-8-3-9-15-18;1-10(17-5)12-8-11(6-7-15-12)18-9-13(16)19-14(2,3)4;1-9(15)11-7-10(5-6-14-11)17-8-12(16)18-13(2,3)4;1-11(2,3)16-10(14)7-15-8-4-5-13-9(12)6-8;1-6(2,3)9-5(8)4-7;6-5-3-4(8)1-2-7-5;1-3-5-4-2;3*1-3-4-2;3*1-2;;;;;;/h2*1-15H;6-8H,1,9H2,2-5H3;5-7H,8H2,1-4H3;4-6H,7H2,1-3H3;4H2,1-3H3;1-3H,(H,7,8);1,4H2,2H3;3*1,3-4H2,2H3;2*1H3;2H,1H3;2*1H;;;;/q;;;;;;;;;;;;;;;;+1;+2;;-1/p-2/i;;;;;;;;;;;2*1D;;;;;;;. The molecule has 32 heteroatoms. The van der Waals surface area contributed by atoms with Crippen molar-refractivity contribution in [3.8, 4) is 17.2 Å². The molecule has 0 saturated carbocycles. The number of rotatable bonds is 31. The van der Waals surface area contributed by atoms with Crippen molar-refractivity contribution in [1.82, 2.24) is 19.9 Å². The van der Waals surface area contributed by atoms with Gasteiger partial charge in [-0.05, 0) is 149 Å². The number of unbranched alkanes of at least 4 members (excludes halogenated alkanes) is 3. The zero-order valence-electron chi connectivity index (χ0n) is 85.2. The number of carbonyl (C=O) groups excluding carboxylic acids is 5. The van der Waals surface area contributed by atoms with Crippen molar-refractivity contribution in [2.24, 2.45) is 0 Å². The summed E-state index contributed by atoms with van der Waals surface area (Å²) in [6.07, 6.45) is 14.1. The molecular weight excluding hydrogens is 2130 g/mol. The molecule has 0 aliphatic heterocycles. The number of aliphatic hydroxyl groups is 1. The molecule has 0 aliphatic carbocycles. The Balaban J connectivity index is -0.000000744. The number of alkyl halides is 3. The van der Waals surface area contributed by atoms with Crippen molar-refractivity contribution < 1.29 is 130 Å². The number of ether oxygens (including phenoxy) is 9. The third-order valence-corrected chi connectivity index (χ3v) is 37.5. The number of benzene rings is 6. The molecule has 20 nitrogen and oxygen atoms in total. The first-order valence-electron chi connectivity index (χ1n) is 44.6. The molecule has 10 rings (SSSR count). The fourth-order valence-electron chi connectivity index (χ4n) is 11.3. The summed E-state index contributed by atoms with van der Waals surface area (Å²) >= 11 is 11.7. The minimum atomic E-state index is -2.24. The summed E-state index contributed by atoms with van der Waals surface area (Å²) in [7, 11) is 9.25. The Bertz CT molecular complexity index is 4640. The molecule has 0 radical (unpaired) electrons. The number of nitrogens with one attached hydrogen (secondary N) is 1. The van der Waals surface area contributed by atoms with Gasteiger partial charge in [-0.3, -0.25) is 33.1 Å². The van der Waals surface area contributed by atoms with Crippen LogP contribution in [0.2, 0.25) is 23.6 Å². The molecule has 0 fully saturated rings. The molecule has 10 aromatic rings. The van der Waals surface area contributed by atoms with Crippen LogP contribution >= 0.6 is 74.0 Å². The maximum absolute atomic E-state index is 11.5. The van der Waals surface area contributed by atoms with Crippen LogP contribution < -0.4 is 81.0 Å². The van der Waals surface area contributed by atoms with E-state index in [9.17, 15) is 37.5 Å². The summed E-state index contributed by atoms with van der Waals surface area (Å²) in [5.41, 5.74) is -1.13. The van der Waals surface area contributed by atoms with Crippen LogP contribution in [-0.4, -0.2) is 156 Å². The summed E-state index contributed by atoms with van der Waals surface area (Å²) in [5, 5.41) is 16.4. The number of aromatic amines is 1. The topological polar surface area (TPSA) is 260 Å². The summed E-state index contributed by atoms with van der Waals surface area (Å²) in [4.78, 5) is 80.7. The number of methoxy groups -OCH3 is 1. The summed E-state index contributed by atoms with van der Waals surface area (Å²) in [5.74, 6) is 0.185. The van der Waals surface area contributed by atoms with E-state index in [-0.39, 0.29) is 94.9 Å². The quantitative estimate of drug-likeness (QED) is 0.00598. The van der Waals surface area contributed by atoms with E-state index in [0.29, 0.717) is 44.7 Å². The van der Waals surface area contributed by atoms with Crippen LogP contribution in [0.5, 0.6) is 17.2 Å². The Hall–Kier alpha value is -7.47. The minimum absolute atomic E-state index is 0. The predicted octanol–water partition coefficient (Wildman–Crippen LogP) is 21.7. The van der Waals surface area contributed by atoms with E-state index >= 15 is 0 Å². The van der Waals surface area contributed by atoms with Gasteiger partial charge in [-0.15, -0.1) is 0 Å². The van der Waals surface area contributed by atoms with Gasteiger partial charge in [0.1, 0.15) is 72.4 Å². The number of aliphatic hydroxyl groups excluding tert-OH is 1. The van der Waals surface area contributed by atoms with Gasteiger partial charge in [0.25, 0.3) is 0 Å². The molecule has 746 valence electrons. The first kappa shape index (κ1) is 129. The van der Waals surface area contributed by atoms with Gasteiger partial charge in [0.15, 0.2) is 31.0 Å². The second-order valence-corrected chi connectivity index (χ2v) is 53.5. The van der Waals surface area contributed by atoms with Crippen molar-refractivity contribution >= 4 is 160 Å². The second-order valence-electron chi connectivity index (χ2n) is 32.1. The fourth-order valence-corrected chi connectivity index (χ4v) is 31.0. The van der Waals surface area contributed by atoms with Crippen LogP contribution in [0.15, 0.2) is 277 Å². The zero-order valence-corrected chi connectivity index (χ0v) is 95.1. The van der Waals surface area contributed by atoms with E-state index in [1.807, 2.05) is 20.8 Å². The summed E-state index contributed by atoms with van der Waals surface area (Å²) in [6.45, 7) is 40.5. The number of hydrogen-bond acceptors (Lipinski definition) is 19. The SMILES string of the molecule is C=C(OC)c1cc(OCC(=O)OC(C)(C)C)ccn1.C=[C](OCC)[Sn]([CH2]CCC)([CH2]CCC)[CH2]CCC.CC(=O)c1cc(OCC(=O)OC(C)(C)C)ccn1.CC(C)(C)OC(=O)CBr.CC(C)(C)OC(=O)COc1ccnc(Cl)c1.CO.O=c1cc[nH]c(Cl)c1.[2H]CF.[2H]CF.[Cl][Pd][Cl].[H-].[Na+].c1ccc(P(c2ccccc2)c2ccccc2)cc1.c1ccc(P(c2ccccc2)c2ccccc2)cc1. The van der Waals surface area contributed by atoms with Gasteiger partial charge in [0.2, 0.25) is 0 Å². The van der Waals surface area contributed by atoms with E-state index < -0.39 is 83.2 Å². The van der Waals surface area contributed by atoms with Gasteiger partial charge in [0.05, 0.1) is 24.2 Å². The molecule has 0 amide bonds. The van der Waals surface area contributed by atoms with Crippen molar-refractivity contribution in [2.45, 2.75) is 192 Å². The number of hydrogen-bond donors (Lipinski definition) is 2. The van der Waals surface area contributed by atoms with Crippen LogP contribution in [0.1, 0.15) is 177 Å². The monoisotopic (exact) mass is 2270 g/mol. The average molecular weight is 2270 g/mol. The molecule has 0 unspecified atom stereocenters. The number of esters is 4. The number of nitrogens with zero attached hydrogens (tertiary/aromatic N) is 3. The molecule has 2 N–H and O–H groups in total. The molecule has 6 aromatic carbocycles. The van der Waals surface area contributed by atoms with Crippen molar-refractivity contribution in [1.29, 1.82) is 0 Å². The van der Waals surface area contributed by atoms with Gasteiger partial charge in [-0.2, -0.15) is 0 Å².